The molecule has 4 heteroatoms. The molecule has 1 atom stereocenters. The number of thiazole rings is 1. The van der Waals surface area contributed by atoms with Crippen LogP contribution in [0.4, 0.5) is 0 Å². The van der Waals surface area contributed by atoms with Crippen LogP contribution in [0.1, 0.15) is 35.2 Å². The number of aliphatic hydroxyl groups excluding tert-OH is 1. The van der Waals surface area contributed by atoms with Crippen LogP contribution in [0.2, 0.25) is 0 Å². The number of pyridine rings is 1. The van der Waals surface area contributed by atoms with Crippen molar-refractivity contribution in [3.63, 3.8) is 0 Å². The van der Waals surface area contributed by atoms with E-state index >= 15 is 0 Å². The summed E-state index contributed by atoms with van der Waals surface area (Å²) < 4.78 is 0. The maximum Gasteiger partial charge on any atom is 0.142 e. The molecule has 0 aliphatic heterocycles. The van der Waals surface area contributed by atoms with E-state index in [-0.39, 0.29) is 6.10 Å². The van der Waals surface area contributed by atoms with Gasteiger partial charge in [0.05, 0.1) is 17.5 Å². The number of fused-ring (bicyclic) bond motifs is 1. The lowest BCUT2D eigenvalue weighted by Crippen LogP contribution is -2.07. The van der Waals surface area contributed by atoms with E-state index in [0.29, 0.717) is 0 Å². The Morgan fingerprint density at radius 3 is 3.00 bits per heavy atom. The van der Waals surface area contributed by atoms with Crippen LogP contribution in [0.25, 0.3) is 10.7 Å². The Morgan fingerprint density at radius 1 is 1.35 bits per heavy atom. The van der Waals surface area contributed by atoms with Crippen molar-refractivity contribution in [2.24, 2.45) is 0 Å². The van der Waals surface area contributed by atoms with Crippen molar-refractivity contribution in [2.45, 2.75) is 32.3 Å². The zero-order chi connectivity index (χ0) is 11.8. The lowest BCUT2D eigenvalue weighted by Gasteiger charge is -2.14. The molecule has 88 valence electrons. The van der Waals surface area contributed by atoms with Gasteiger partial charge in [-0.25, -0.2) is 4.98 Å². The van der Waals surface area contributed by atoms with Crippen LogP contribution >= 0.6 is 11.3 Å². The summed E-state index contributed by atoms with van der Waals surface area (Å²) in [5, 5.41) is 10.8. The molecule has 1 aliphatic rings. The van der Waals surface area contributed by atoms with Crippen molar-refractivity contribution >= 4 is 11.3 Å². The van der Waals surface area contributed by atoms with Gasteiger partial charge in [0.1, 0.15) is 5.01 Å². The molecule has 2 aromatic heterocycles. The number of rotatable bonds is 1. The van der Waals surface area contributed by atoms with Crippen LogP contribution in [-0.2, 0) is 6.42 Å². The van der Waals surface area contributed by atoms with Gasteiger partial charge in [0.2, 0.25) is 0 Å². The van der Waals surface area contributed by atoms with E-state index in [4.69, 9.17) is 0 Å². The fraction of sp³-hybridized carbons (Fsp3) is 0.385. The van der Waals surface area contributed by atoms with E-state index in [9.17, 15) is 5.11 Å². The third-order valence-corrected chi connectivity index (χ3v) is 4.19. The zero-order valence-corrected chi connectivity index (χ0v) is 10.5. The Morgan fingerprint density at radius 2 is 2.24 bits per heavy atom. The van der Waals surface area contributed by atoms with Gasteiger partial charge < -0.3 is 5.11 Å². The summed E-state index contributed by atoms with van der Waals surface area (Å²) in [6, 6.07) is 5.95. The zero-order valence-electron chi connectivity index (χ0n) is 9.68. The molecule has 0 aromatic carbocycles. The van der Waals surface area contributed by atoms with Gasteiger partial charge in [0, 0.05) is 10.6 Å². The van der Waals surface area contributed by atoms with Crippen LogP contribution in [0, 0.1) is 6.92 Å². The minimum atomic E-state index is -0.381. The third kappa shape index (κ3) is 1.98. The Balaban J connectivity index is 2.05. The quantitative estimate of drug-likeness (QED) is 0.841. The van der Waals surface area contributed by atoms with Crippen molar-refractivity contribution in [1.29, 1.82) is 0 Å². The van der Waals surface area contributed by atoms with Crippen LogP contribution in [0.3, 0.4) is 0 Å². The maximum absolute atomic E-state index is 9.90. The Kier molecular flexibility index (Phi) is 2.68. The first-order valence-electron chi connectivity index (χ1n) is 5.86. The largest absolute Gasteiger partial charge is 0.387 e. The first kappa shape index (κ1) is 10.9. The molecule has 1 unspecified atom stereocenters. The molecule has 0 saturated heterocycles. The molecule has 1 N–H and O–H groups in total. The molecule has 3 nitrogen and oxygen atoms in total. The number of aromatic nitrogens is 2. The number of aliphatic hydroxyl groups is 1. The molecule has 2 heterocycles. The maximum atomic E-state index is 9.90. The second kappa shape index (κ2) is 4.20. The number of hydrogen-bond acceptors (Lipinski definition) is 4. The second-order valence-electron chi connectivity index (χ2n) is 4.40. The standard InChI is InChI=1S/C13H14N2OS/c1-8-4-2-5-9(14-8)13-15-12-10(16)6-3-7-11(12)17-13/h2,4-5,10,16H,3,6-7H2,1H3. The Hall–Kier alpha value is -1.26. The van der Waals surface area contributed by atoms with Gasteiger partial charge in [-0.05, 0) is 38.3 Å². The van der Waals surface area contributed by atoms with Gasteiger partial charge in [-0.15, -0.1) is 11.3 Å². The minimum absolute atomic E-state index is 0.381. The summed E-state index contributed by atoms with van der Waals surface area (Å²) in [5.74, 6) is 0. The molecule has 0 fully saturated rings. The summed E-state index contributed by atoms with van der Waals surface area (Å²) in [6.45, 7) is 1.98. The lowest BCUT2D eigenvalue weighted by molar-refractivity contribution is 0.153. The number of hydrogen-bond donors (Lipinski definition) is 1. The molecule has 0 bridgehead atoms. The summed E-state index contributed by atoms with van der Waals surface area (Å²) in [5.41, 5.74) is 2.78. The van der Waals surface area contributed by atoms with E-state index in [0.717, 1.165) is 41.4 Å². The summed E-state index contributed by atoms with van der Waals surface area (Å²) in [6.07, 6.45) is 2.54. The molecule has 1 aliphatic carbocycles. The molecule has 0 radical (unpaired) electrons. The fourth-order valence-electron chi connectivity index (χ4n) is 2.17. The number of aryl methyl sites for hydroxylation is 2. The van der Waals surface area contributed by atoms with Gasteiger partial charge in [-0.2, -0.15) is 0 Å². The first-order chi connectivity index (χ1) is 8.24. The summed E-state index contributed by atoms with van der Waals surface area (Å²) in [4.78, 5) is 10.3. The normalized spacial score (nSPS) is 19.1. The van der Waals surface area contributed by atoms with E-state index in [1.807, 2.05) is 25.1 Å². The highest BCUT2D eigenvalue weighted by Gasteiger charge is 2.23. The summed E-state index contributed by atoms with van der Waals surface area (Å²) >= 11 is 1.67. The van der Waals surface area contributed by atoms with Crippen LogP contribution < -0.4 is 0 Å². The van der Waals surface area contributed by atoms with Gasteiger partial charge in [0.15, 0.2) is 0 Å². The van der Waals surface area contributed by atoms with E-state index in [1.165, 1.54) is 4.88 Å². The molecule has 0 spiro atoms. The molecular weight excluding hydrogens is 232 g/mol. The molecular formula is C13H14N2OS. The predicted molar refractivity (Wildman–Crippen MR) is 68.0 cm³/mol. The second-order valence-corrected chi connectivity index (χ2v) is 5.48. The SMILES string of the molecule is Cc1cccc(-c2nc3c(s2)CCCC3O)n1. The van der Waals surface area contributed by atoms with E-state index < -0.39 is 0 Å². The topological polar surface area (TPSA) is 46.0 Å². The van der Waals surface area contributed by atoms with Crippen LogP contribution in [0.5, 0.6) is 0 Å². The minimum Gasteiger partial charge on any atom is -0.387 e. The third-order valence-electron chi connectivity index (χ3n) is 3.03. The highest BCUT2D eigenvalue weighted by Crippen LogP contribution is 2.36. The highest BCUT2D eigenvalue weighted by atomic mass is 32.1. The van der Waals surface area contributed by atoms with E-state index in [1.54, 1.807) is 11.3 Å². The van der Waals surface area contributed by atoms with E-state index in [2.05, 4.69) is 9.97 Å². The monoisotopic (exact) mass is 246 g/mol. The smallest absolute Gasteiger partial charge is 0.142 e. The molecule has 2 aromatic rings. The van der Waals surface area contributed by atoms with Gasteiger partial charge in [-0.3, -0.25) is 4.98 Å². The summed E-state index contributed by atoms with van der Waals surface area (Å²) in [7, 11) is 0. The van der Waals surface area contributed by atoms with Crippen molar-refractivity contribution in [1.82, 2.24) is 9.97 Å². The molecule has 0 saturated carbocycles. The average molecular weight is 246 g/mol. The average Bonchev–Trinajstić information content (AvgIpc) is 2.74. The van der Waals surface area contributed by atoms with Gasteiger partial charge in [0.25, 0.3) is 0 Å². The first-order valence-corrected chi connectivity index (χ1v) is 6.67. The molecule has 0 amide bonds. The van der Waals surface area contributed by atoms with Crippen molar-refractivity contribution in [3.05, 3.63) is 34.5 Å². The highest BCUT2D eigenvalue weighted by molar-refractivity contribution is 7.15. The van der Waals surface area contributed by atoms with Crippen molar-refractivity contribution < 1.29 is 5.11 Å². The predicted octanol–water partition coefficient (Wildman–Crippen LogP) is 2.88. The molecule has 3 rings (SSSR count). The van der Waals surface area contributed by atoms with Crippen LogP contribution in [0.15, 0.2) is 18.2 Å². The van der Waals surface area contributed by atoms with Gasteiger partial charge in [-0.1, -0.05) is 6.07 Å². The van der Waals surface area contributed by atoms with Crippen molar-refractivity contribution in [2.75, 3.05) is 0 Å². The Labute approximate surface area is 104 Å². The van der Waals surface area contributed by atoms with Gasteiger partial charge >= 0.3 is 0 Å². The lowest BCUT2D eigenvalue weighted by atomic mass is 10.0. The van der Waals surface area contributed by atoms with Crippen molar-refractivity contribution in [3.8, 4) is 10.7 Å². The Bertz CT molecular complexity index is 550. The number of nitrogens with zero attached hydrogens (tertiary/aromatic N) is 2. The fourth-order valence-corrected chi connectivity index (χ4v) is 3.30. The van der Waals surface area contributed by atoms with Crippen LogP contribution in [-0.4, -0.2) is 15.1 Å². The molecule has 17 heavy (non-hydrogen) atoms.